The standard InChI is InChI=1S/C13H14F2N4O3/c1-19(5-4-10(20)21)13(22)16-7-2-3-8-9(6-7)18-12(17-8)11(14)15/h2-3,6,11H,4-5H2,1H3,(H,16,22)(H,17,18)(H,20,21). The van der Waals surface area contributed by atoms with E-state index in [1.807, 2.05) is 0 Å². The van der Waals surface area contributed by atoms with E-state index in [1.54, 1.807) is 0 Å². The van der Waals surface area contributed by atoms with Gasteiger partial charge >= 0.3 is 12.0 Å². The minimum atomic E-state index is -2.70. The van der Waals surface area contributed by atoms with Gasteiger partial charge in [-0.2, -0.15) is 0 Å². The summed E-state index contributed by atoms with van der Waals surface area (Å²) in [5, 5.41) is 11.1. The van der Waals surface area contributed by atoms with E-state index < -0.39 is 24.3 Å². The summed E-state index contributed by atoms with van der Waals surface area (Å²) in [5.74, 6) is -1.44. The van der Waals surface area contributed by atoms with Crippen LogP contribution >= 0.6 is 0 Å². The second-order valence-electron chi connectivity index (χ2n) is 4.65. The number of carboxylic acid groups (broad SMARTS) is 1. The van der Waals surface area contributed by atoms with Crippen LogP contribution in [0.25, 0.3) is 11.0 Å². The molecule has 0 fully saturated rings. The first kappa shape index (κ1) is 15.7. The number of amides is 2. The summed E-state index contributed by atoms with van der Waals surface area (Å²) in [7, 11) is 1.46. The number of aromatic nitrogens is 2. The third-order valence-corrected chi connectivity index (χ3v) is 2.97. The van der Waals surface area contributed by atoms with Gasteiger partial charge < -0.3 is 20.3 Å². The Morgan fingerprint density at radius 1 is 1.45 bits per heavy atom. The summed E-state index contributed by atoms with van der Waals surface area (Å²) < 4.78 is 25.1. The molecule has 1 aromatic carbocycles. The van der Waals surface area contributed by atoms with Crippen molar-refractivity contribution in [3.8, 4) is 0 Å². The zero-order valence-electron chi connectivity index (χ0n) is 11.6. The second-order valence-corrected chi connectivity index (χ2v) is 4.65. The Hall–Kier alpha value is -2.71. The van der Waals surface area contributed by atoms with Crippen LogP contribution in [0.4, 0.5) is 19.3 Å². The number of imidazole rings is 1. The molecule has 0 saturated carbocycles. The molecular formula is C13H14F2N4O3. The number of carboxylic acids is 1. The van der Waals surface area contributed by atoms with Gasteiger partial charge in [0.05, 0.1) is 17.5 Å². The molecular weight excluding hydrogens is 298 g/mol. The Labute approximate surface area is 123 Å². The lowest BCUT2D eigenvalue weighted by molar-refractivity contribution is -0.137. The number of carbonyl (C=O) groups is 2. The number of aromatic amines is 1. The zero-order valence-corrected chi connectivity index (χ0v) is 11.6. The Bertz CT molecular complexity index is 702. The van der Waals surface area contributed by atoms with Crippen molar-refractivity contribution >= 4 is 28.7 Å². The van der Waals surface area contributed by atoms with Crippen molar-refractivity contribution in [2.24, 2.45) is 0 Å². The number of aliphatic carboxylic acids is 1. The Balaban J connectivity index is 2.07. The third-order valence-electron chi connectivity index (χ3n) is 2.97. The maximum absolute atomic E-state index is 12.6. The molecule has 0 saturated heterocycles. The van der Waals surface area contributed by atoms with Gasteiger partial charge in [-0.1, -0.05) is 0 Å². The van der Waals surface area contributed by atoms with Gasteiger partial charge in [0, 0.05) is 19.3 Å². The number of anilines is 1. The van der Waals surface area contributed by atoms with E-state index in [4.69, 9.17) is 5.11 Å². The molecule has 2 amide bonds. The number of rotatable bonds is 5. The van der Waals surface area contributed by atoms with Crippen molar-refractivity contribution in [1.29, 1.82) is 0 Å². The molecule has 0 radical (unpaired) electrons. The van der Waals surface area contributed by atoms with E-state index >= 15 is 0 Å². The predicted molar refractivity (Wildman–Crippen MR) is 75.0 cm³/mol. The van der Waals surface area contributed by atoms with Gasteiger partial charge in [-0.25, -0.2) is 18.6 Å². The highest BCUT2D eigenvalue weighted by molar-refractivity contribution is 5.92. The fraction of sp³-hybridized carbons (Fsp3) is 0.308. The molecule has 9 heteroatoms. The fourth-order valence-corrected chi connectivity index (χ4v) is 1.79. The molecule has 0 spiro atoms. The Kier molecular flexibility index (Phi) is 4.54. The van der Waals surface area contributed by atoms with Crippen LogP contribution in [0.5, 0.6) is 0 Å². The highest BCUT2D eigenvalue weighted by Gasteiger charge is 2.14. The molecule has 0 aliphatic carbocycles. The van der Waals surface area contributed by atoms with Gasteiger partial charge in [-0.3, -0.25) is 4.79 Å². The van der Waals surface area contributed by atoms with Gasteiger partial charge in [0.1, 0.15) is 0 Å². The largest absolute Gasteiger partial charge is 0.481 e. The Morgan fingerprint density at radius 3 is 2.82 bits per heavy atom. The van der Waals surface area contributed by atoms with E-state index in [-0.39, 0.29) is 13.0 Å². The molecule has 22 heavy (non-hydrogen) atoms. The molecule has 0 unspecified atom stereocenters. The van der Waals surface area contributed by atoms with Gasteiger partial charge in [-0.05, 0) is 18.2 Å². The normalized spacial score (nSPS) is 10.9. The van der Waals surface area contributed by atoms with Crippen LogP contribution in [0, 0.1) is 0 Å². The summed E-state index contributed by atoms with van der Waals surface area (Å²) in [6.07, 6.45) is -2.87. The molecule has 1 aromatic heterocycles. The van der Waals surface area contributed by atoms with Crippen molar-refractivity contribution in [3.05, 3.63) is 24.0 Å². The van der Waals surface area contributed by atoms with E-state index in [1.165, 1.54) is 30.1 Å². The summed E-state index contributed by atoms with van der Waals surface area (Å²) in [4.78, 5) is 29.7. The monoisotopic (exact) mass is 312 g/mol. The van der Waals surface area contributed by atoms with Crippen molar-refractivity contribution in [2.45, 2.75) is 12.8 Å². The van der Waals surface area contributed by atoms with Gasteiger partial charge in [0.15, 0.2) is 5.82 Å². The van der Waals surface area contributed by atoms with Crippen LogP contribution in [0.3, 0.4) is 0 Å². The highest BCUT2D eigenvalue weighted by atomic mass is 19.3. The van der Waals surface area contributed by atoms with Gasteiger partial charge in [-0.15, -0.1) is 0 Å². The maximum atomic E-state index is 12.6. The molecule has 3 N–H and O–H groups in total. The number of hydrogen-bond donors (Lipinski definition) is 3. The molecule has 0 aliphatic heterocycles. The summed E-state index contributed by atoms with van der Waals surface area (Å²) in [6.45, 7) is 0.0585. The number of fused-ring (bicyclic) bond motifs is 1. The minimum Gasteiger partial charge on any atom is -0.481 e. The van der Waals surface area contributed by atoms with E-state index in [9.17, 15) is 18.4 Å². The smallest absolute Gasteiger partial charge is 0.321 e. The lowest BCUT2D eigenvalue weighted by atomic mass is 10.3. The first-order valence-electron chi connectivity index (χ1n) is 6.38. The molecule has 1 heterocycles. The molecule has 0 atom stereocenters. The van der Waals surface area contributed by atoms with Crippen molar-refractivity contribution in [3.63, 3.8) is 0 Å². The molecule has 2 rings (SSSR count). The van der Waals surface area contributed by atoms with Gasteiger partial charge in [0.25, 0.3) is 6.43 Å². The predicted octanol–water partition coefficient (Wildman–Crippen LogP) is 2.44. The molecule has 0 bridgehead atoms. The van der Waals surface area contributed by atoms with Crippen LogP contribution in [0.15, 0.2) is 18.2 Å². The highest BCUT2D eigenvalue weighted by Crippen LogP contribution is 2.22. The van der Waals surface area contributed by atoms with E-state index in [2.05, 4.69) is 15.3 Å². The lowest BCUT2D eigenvalue weighted by Crippen LogP contribution is -2.33. The zero-order chi connectivity index (χ0) is 16.3. The third kappa shape index (κ3) is 3.68. The molecule has 0 aliphatic rings. The number of benzene rings is 1. The average Bonchev–Trinajstić information content (AvgIpc) is 2.88. The molecule has 118 valence electrons. The van der Waals surface area contributed by atoms with Crippen molar-refractivity contribution in [1.82, 2.24) is 14.9 Å². The van der Waals surface area contributed by atoms with Crippen LogP contribution in [-0.4, -0.2) is 45.6 Å². The number of carbonyl (C=O) groups excluding carboxylic acids is 1. The number of nitrogens with one attached hydrogen (secondary N) is 2. The SMILES string of the molecule is CN(CCC(=O)O)C(=O)Nc1ccc2nc(C(F)F)[nH]c2c1. The van der Waals surface area contributed by atoms with Crippen LogP contribution in [0.1, 0.15) is 18.7 Å². The summed E-state index contributed by atoms with van der Waals surface area (Å²) in [6, 6.07) is 4.03. The number of halogens is 2. The van der Waals surface area contributed by atoms with Crippen LogP contribution < -0.4 is 5.32 Å². The molecule has 7 nitrogen and oxygen atoms in total. The minimum absolute atomic E-state index is 0.0585. The van der Waals surface area contributed by atoms with Crippen LogP contribution in [-0.2, 0) is 4.79 Å². The number of nitrogens with zero attached hydrogens (tertiary/aromatic N) is 2. The van der Waals surface area contributed by atoms with Gasteiger partial charge in [0.2, 0.25) is 0 Å². The first-order valence-corrected chi connectivity index (χ1v) is 6.38. The molecule has 2 aromatic rings. The lowest BCUT2D eigenvalue weighted by Gasteiger charge is -2.16. The topological polar surface area (TPSA) is 98.3 Å². The summed E-state index contributed by atoms with van der Waals surface area (Å²) >= 11 is 0. The average molecular weight is 312 g/mol. The number of H-pyrrole nitrogens is 1. The summed E-state index contributed by atoms with van der Waals surface area (Å²) in [5.41, 5.74) is 1.14. The fourth-order valence-electron chi connectivity index (χ4n) is 1.79. The van der Waals surface area contributed by atoms with E-state index in [0.717, 1.165) is 0 Å². The van der Waals surface area contributed by atoms with Crippen molar-refractivity contribution in [2.75, 3.05) is 18.9 Å². The quantitative estimate of drug-likeness (QED) is 0.789. The Morgan fingerprint density at radius 2 is 2.18 bits per heavy atom. The van der Waals surface area contributed by atoms with Crippen molar-refractivity contribution < 1.29 is 23.5 Å². The maximum Gasteiger partial charge on any atom is 0.321 e. The first-order chi connectivity index (χ1) is 10.4. The van der Waals surface area contributed by atoms with Crippen LogP contribution in [0.2, 0.25) is 0 Å². The number of alkyl halides is 2. The van der Waals surface area contributed by atoms with E-state index in [0.29, 0.717) is 16.7 Å². The second kappa shape index (κ2) is 6.37. The number of hydrogen-bond acceptors (Lipinski definition) is 3. The number of urea groups is 1.